The number of benzene rings is 2. The molecule has 2 N–H and O–H groups in total. The van der Waals surface area contributed by atoms with Gasteiger partial charge in [0.25, 0.3) is 5.91 Å². The molecule has 164 valence electrons. The van der Waals surface area contributed by atoms with Gasteiger partial charge >= 0.3 is 0 Å². The number of nitrogens with zero attached hydrogens (tertiary/aromatic N) is 2. The van der Waals surface area contributed by atoms with Gasteiger partial charge in [-0.25, -0.2) is 17.5 Å². The van der Waals surface area contributed by atoms with E-state index >= 15 is 0 Å². The standard InChI is InChI=1S/C21H23FN4O3S2/c1-31(28,29)23-14-6-5-9-18(24-19(27)15-10-12-17(22)13-11-15)21-26-25-20(30-21)16-7-3-2-4-8-16/h2-4,7-8,10-13,18,23H,5-6,9,14H2,1H3,(H,24,27). The number of carbonyl (C=O) groups is 1. The van der Waals surface area contributed by atoms with Crippen LogP contribution < -0.4 is 10.0 Å². The average molecular weight is 463 g/mol. The SMILES string of the molecule is CS(=O)(=O)NCCCCC(NC(=O)c1ccc(F)cc1)c1nnc(-c2ccccc2)s1. The molecule has 0 saturated heterocycles. The Morgan fingerprint density at radius 1 is 1.06 bits per heavy atom. The molecular formula is C21H23FN4O3S2. The summed E-state index contributed by atoms with van der Waals surface area (Å²) in [7, 11) is -3.23. The lowest BCUT2D eigenvalue weighted by molar-refractivity contribution is 0.0934. The summed E-state index contributed by atoms with van der Waals surface area (Å²) in [6.45, 7) is 0.322. The Morgan fingerprint density at radius 2 is 1.77 bits per heavy atom. The van der Waals surface area contributed by atoms with Crippen LogP contribution in [0.25, 0.3) is 10.6 Å². The number of aromatic nitrogens is 2. The van der Waals surface area contributed by atoms with E-state index in [-0.39, 0.29) is 5.91 Å². The second-order valence-corrected chi connectivity index (χ2v) is 9.85. The summed E-state index contributed by atoms with van der Waals surface area (Å²) in [5.41, 5.74) is 1.28. The molecule has 3 aromatic rings. The van der Waals surface area contributed by atoms with Crippen molar-refractivity contribution in [2.24, 2.45) is 0 Å². The van der Waals surface area contributed by atoms with Gasteiger partial charge in [-0.1, -0.05) is 41.7 Å². The molecule has 10 heteroatoms. The maximum absolute atomic E-state index is 13.2. The van der Waals surface area contributed by atoms with E-state index in [0.29, 0.717) is 36.4 Å². The lowest BCUT2D eigenvalue weighted by atomic mass is 10.1. The molecule has 1 aromatic heterocycles. The maximum Gasteiger partial charge on any atom is 0.251 e. The quantitative estimate of drug-likeness (QED) is 0.449. The van der Waals surface area contributed by atoms with Gasteiger partial charge in [-0.05, 0) is 43.5 Å². The Hall–Kier alpha value is -2.69. The third-order valence-electron chi connectivity index (χ3n) is 4.46. The van der Waals surface area contributed by atoms with Crippen LogP contribution in [0.3, 0.4) is 0 Å². The predicted octanol–water partition coefficient (Wildman–Crippen LogP) is 3.53. The van der Waals surface area contributed by atoms with Gasteiger partial charge in [-0.3, -0.25) is 4.79 Å². The maximum atomic E-state index is 13.2. The molecule has 2 aromatic carbocycles. The number of rotatable bonds is 10. The van der Waals surface area contributed by atoms with Crippen LogP contribution in [0.4, 0.5) is 4.39 Å². The molecule has 0 aliphatic rings. The highest BCUT2D eigenvalue weighted by Gasteiger charge is 2.20. The number of hydrogen-bond donors (Lipinski definition) is 2. The Labute approximate surface area is 184 Å². The normalized spacial score (nSPS) is 12.5. The zero-order valence-corrected chi connectivity index (χ0v) is 18.5. The van der Waals surface area contributed by atoms with Crippen LogP contribution >= 0.6 is 11.3 Å². The summed E-state index contributed by atoms with van der Waals surface area (Å²) >= 11 is 1.39. The van der Waals surface area contributed by atoms with Gasteiger partial charge in [0.05, 0.1) is 12.3 Å². The van der Waals surface area contributed by atoms with E-state index in [0.717, 1.165) is 16.8 Å². The molecule has 1 atom stereocenters. The van der Waals surface area contributed by atoms with Gasteiger partial charge in [0.1, 0.15) is 15.8 Å². The van der Waals surface area contributed by atoms with Crippen molar-refractivity contribution in [1.82, 2.24) is 20.2 Å². The molecule has 7 nitrogen and oxygen atoms in total. The zero-order valence-electron chi connectivity index (χ0n) is 16.9. The first-order valence-electron chi connectivity index (χ1n) is 9.72. The van der Waals surface area contributed by atoms with Gasteiger partial charge in [0.15, 0.2) is 0 Å². The fourth-order valence-corrected chi connectivity index (χ4v) is 4.35. The third kappa shape index (κ3) is 7.20. The molecule has 0 aliphatic carbocycles. The number of nitrogens with one attached hydrogen (secondary N) is 2. The minimum Gasteiger partial charge on any atom is -0.343 e. The van der Waals surface area contributed by atoms with Crippen LogP contribution in [0.15, 0.2) is 54.6 Å². The Bertz CT molecular complexity index is 1100. The number of hydrogen-bond acceptors (Lipinski definition) is 6. The van der Waals surface area contributed by atoms with E-state index in [2.05, 4.69) is 20.2 Å². The second kappa shape index (κ2) is 10.6. The Balaban J connectivity index is 1.71. The molecule has 0 radical (unpaired) electrons. The van der Waals surface area contributed by atoms with Crippen LogP contribution in [0, 0.1) is 5.82 Å². The molecule has 0 aliphatic heterocycles. The number of carbonyl (C=O) groups excluding carboxylic acids is 1. The predicted molar refractivity (Wildman–Crippen MR) is 119 cm³/mol. The molecule has 0 spiro atoms. The zero-order chi connectivity index (χ0) is 22.3. The summed E-state index contributed by atoms with van der Waals surface area (Å²) in [5.74, 6) is -0.751. The van der Waals surface area contributed by atoms with Crippen molar-refractivity contribution < 1.29 is 17.6 Å². The largest absolute Gasteiger partial charge is 0.343 e. The van der Waals surface area contributed by atoms with Crippen molar-refractivity contribution in [3.05, 3.63) is 71.0 Å². The Kier molecular flexibility index (Phi) is 7.83. The summed E-state index contributed by atoms with van der Waals surface area (Å²) in [5, 5.41) is 12.9. The lowest BCUT2D eigenvalue weighted by Crippen LogP contribution is -2.29. The molecule has 1 amide bonds. The fourth-order valence-electron chi connectivity index (χ4n) is 2.90. The molecule has 31 heavy (non-hydrogen) atoms. The number of amides is 1. The van der Waals surface area contributed by atoms with Gasteiger partial charge < -0.3 is 5.32 Å². The highest BCUT2D eigenvalue weighted by molar-refractivity contribution is 7.88. The topological polar surface area (TPSA) is 101 Å². The third-order valence-corrected chi connectivity index (χ3v) is 6.27. The molecule has 1 unspecified atom stereocenters. The first-order chi connectivity index (χ1) is 14.8. The van der Waals surface area contributed by atoms with Crippen molar-refractivity contribution >= 4 is 27.3 Å². The van der Waals surface area contributed by atoms with Crippen LogP contribution in [0.2, 0.25) is 0 Å². The first-order valence-corrected chi connectivity index (χ1v) is 12.4. The minimum absolute atomic E-state index is 0.322. The first kappa shape index (κ1) is 23.0. The monoisotopic (exact) mass is 462 g/mol. The van der Waals surface area contributed by atoms with Crippen molar-refractivity contribution in [3.63, 3.8) is 0 Å². The molecular weight excluding hydrogens is 439 g/mol. The minimum atomic E-state index is -3.23. The van der Waals surface area contributed by atoms with E-state index in [1.165, 1.54) is 35.6 Å². The van der Waals surface area contributed by atoms with Crippen molar-refractivity contribution in [3.8, 4) is 10.6 Å². The van der Waals surface area contributed by atoms with Gasteiger partial charge in [0, 0.05) is 17.7 Å². The number of unbranched alkanes of at least 4 members (excludes halogenated alkanes) is 1. The lowest BCUT2D eigenvalue weighted by Gasteiger charge is -2.16. The summed E-state index contributed by atoms with van der Waals surface area (Å²) in [6.07, 6.45) is 2.95. The van der Waals surface area contributed by atoms with E-state index in [1.807, 2.05) is 30.3 Å². The van der Waals surface area contributed by atoms with Crippen molar-refractivity contribution in [2.75, 3.05) is 12.8 Å². The van der Waals surface area contributed by atoms with Crippen molar-refractivity contribution in [1.29, 1.82) is 0 Å². The summed E-state index contributed by atoms with van der Waals surface area (Å²) < 4.78 is 38.0. The Morgan fingerprint density at radius 3 is 2.45 bits per heavy atom. The second-order valence-electron chi connectivity index (χ2n) is 7.01. The highest BCUT2D eigenvalue weighted by Crippen LogP contribution is 2.29. The number of sulfonamides is 1. The molecule has 0 bridgehead atoms. The fraction of sp³-hybridized carbons (Fsp3) is 0.286. The van der Waals surface area contributed by atoms with Crippen LogP contribution in [-0.2, 0) is 10.0 Å². The van der Waals surface area contributed by atoms with E-state index in [9.17, 15) is 17.6 Å². The number of halogens is 1. The van der Waals surface area contributed by atoms with E-state index in [1.54, 1.807) is 0 Å². The molecule has 1 heterocycles. The van der Waals surface area contributed by atoms with Gasteiger partial charge in [-0.2, -0.15) is 0 Å². The van der Waals surface area contributed by atoms with E-state index < -0.39 is 21.9 Å². The molecule has 3 rings (SSSR count). The summed E-state index contributed by atoms with van der Waals surface area (Å²) in [6, 6.07) is 14.5. The van der Waals surface area contributed by atoms with Crippen LogP contribution in [0.1, 0.15) is 40.7 Å². The highest BCUT2D eigenvalue weighted by atomic mass is 32.2. The average Bonchev–Trinajstić information content (AvgIpc) is 3.23. The summed E-state index contributed by atoms with van der Waals surface area (Å²) in [4.78, 5) is 12.7. The molecule has 0 fully saturated rings. The van der Waals surface area contributed by atoms with Crippen LogP contribution in [0.5, 0.6) is 0 Å². The van der Waals surface area contributed by atoms with Crippen LogP contribution in [-0.4, -0.2) is 37.3 Å². The van der Waals surface area contributed by atoms with Gasteiger partial charge in [-0.15, -0.1) is 10.2 Å². The van der Waals surface area contributed by atoms with Gasteiger partial charge in [0.2, 0.25) is 10.0 Å². The molecule has 0 saturated carbocycles. The van der Waals surface area contributed by atoms with Crippen molar-refractivity contribution in [2.45, 2.75) is 25.3 Å². The van der Waals surface area contributed by atoms with E-state index in [4.69, 9.17) is 0 Å². The smallest absolute Gasteiger partial charge is 0.251 e.